The maximum absolute atomic E-state index is 12.2. The molecule has 1 heterocycles. The molecule has 2 N–H and O–H groups in total. The summed E-state index contributed by atoms with van der Waals surface area (Å²) in [5, 5.41) is 16.2. The number of carbonyl (C=O) groups excluding carboxylic acids is 2. The minimum atomic E-state index is -0.480. The Balaban J connectivity index is 1.49. The number of amides is 2. The molecule has 1 saturated heterocycles. The molecule has 29 heavy (non-hydrogen) atoms. The Bertz CT molecular complexity index is 901. The van der Waals surface area contributed by atoms with Gasteiger partial charge in [-0.1, -0.05) is 0 Å². The number of nitrogens with one attached hydrogen (secondary N) is 2. The summed E-state index contributed by atoms with van der Waals surface area (Å²) < 4.78 is 5.47. The number of rotatable bonds is 7. The van der Waals surface area contributed by atoms with Gasteiger partial charge in [0, 0.05) is 42.6 Å². The van der Waals surface area contributed by atoms with Crippen LogP contribution in [-0.4, -0.2) is 36.0 Å². The van der Waals surface area contributed by atoms with E-state index in [1.807, 2.05) is 0 Å². The van der Waals surface area contributed by atoms with E-state index in [4.69, 9.17) is 4.74 Å². The highest BCUT2D eigenvalue weighted by Gasteiger charge is 2.16. The number of ether oxygens (including phenoxy) is 1. The smallest absolute Gasteiger partial charge is 0.269 e. The molecule has 8 heteroatoms. The molecule has 1 unspecified atom stereocenters. The third-order valence-corrected chi connectivity index (χ3v) is 4.46. The Hall–Kier alpha value is -3.52. The average Bonchev–Trinajstić information content (AvgIpc) is 3.25. The Kier molecular flexibility index (Phi) is 6.70. The standard InChI is InChI=1S/C21H21N3O5/c25-20(12-5-15-3-10-18(11-4-15)24(27)28)23-17-8-6-16(7-9-17)21(26)22-14-19-2-1-13-29-19/h3-12,19H,1-2,13-14H2,(H,22,26)(H,23,25)/b12-5+. The lowest BCUT2D eigenvalue weighted by Gasteiger charge is -2.11. The van der Waals surface area contributed by atoms with Crippen LogP contribution in [0.5, 0.6) is 0 Å². The van der Waals surface area contributed by atoms with Gasteiger partial charge in [0.2, 0.25) is 5.91 Å². The first-order valence-electron chi connectivity index (χ1n) is 9.24. The van der Waals surface area contributed by atoms with Gasteiger partial charge >= 0.3 is 0 Å². The number of non-ortho nitro benzene ring substituents is 1. The van der Waals surface area contributed by atoms with Crippen molar-refractivity contribution in [1.29, 1.82) is 0 Å². The summed E-state index contributed by atoms with van der Waals surface area (Å²) in [5.74, 6) is -0.532. The molecule has 3 rings (SSSR count). The van der Waals surface area contributed by atoms with Gasteiger partial charge in [-0.15, -0.1) is 0 Å². The Labute approximate surface area is 167 Å². The predicted molar refractivity (Wildman–Crippen MR) is 109 cm³/mol. The van der Waals surface area contributed by atoms with E-state index < -0.39 is 4.92 Å². The molecule has 0 spiro atoms. The molecule has 0 aromatic heterocycles. The van der Waals surface area contributed by atoms with Gasteiger partial charge < -0.3 is 15.4 Å². The van der Waals surface area contributed by atoms with Crippen LogP contribution in [0.2, 0.25) is 0 Å². The zero-order chi connectivity index (χ0) is 20.6. The normalized spacial score (nSPS) is 15.9. The van der Waals surface area contributed by atoms with Crippen LogP contribution in [0.4, 0.5) is 11.4 Å². The molecule has 0 radical (unpaired) electrons. The first-order valence-corrected chi connectivity index (χ1v) is 9.24. The van der Waals surface area contributed by atoms with Crippen molar-refractivity contribution in [1.82, 2.24) is 5.32 Å². The molecule has 2 amide bonds. The van der Waals surface area contributed by atoms with E-state index in [1.54, 1.807) is 42.5 Å². The molecule has 8 nitrogen and oxygen atoms in total. The summed E-state index contributed by atoms with van der Waals surface area (Å²) in [5.41, 5.74) is 1.72. The van der Waals surface area contributed by atoms with Crippen molar-refractivity contribution < 1.29 is 19.2 Å². The molecule has 2 aromatic carbocycles. The maximum Gasteiger partial charge on any atom is 0.269 e. The summed E-state index contributed by atoms with van der Waals surface area (Å²) in [6.45, 7) is 1.23. The molecule has 0 aliphatic carbocycles. The number of hydrogen-bond acceptors (Lipinski definition) is 5. The van der Waals surface area contributed by atoms with Gasteiger partial charge in [-0.3, -0.25) is 19.7 Å². The Morgan fingerprint density at radius 1 is 1.14 bits per heavy atom. The number of nitro benzene ring substituents is 1. The van der Waals surface area contributed by atoms with Crippen molar-refractivity contribution >= 4 is 29.3 Å². The molecule has 0 saturated carbocycles. The van der Waals surface area contributed by atoms with Crippen molar-refractivity contribution in [3.05, 3.63) is 75.8 Å². The van der Waals surface area contributed by atoms with Crippen molar-refractivity contribution in [2.24, 2.45) is 0 Å². The maximum atomic E-state index is 12.2. The van der Waals surface area contributed by atoms with Crippen LogP contribution in [0.1, 0.15) is 28.8 Å². The number of carbonyl (C=O) groups is 2. The molecule has 0 bridgehead atoms. The van der Waals surface area contributed by atoms with E-state index in [-0.39, 0.29) is 23.6 Å². The highest BCUT2D eigenvalue weighted by atomic mass is 16.6. The van der Waals surface area contributed by atoms with Crippen LogP contribution in [-0.2, 0) is 9.53 Å². The molecular weight excluding hydrogens is 374 g/mol. The molecule has 1 aliphatic rings. The number of anilines is 1. The predicted octanol–water partition coefficient (Wildman–Crippen LogP) is 3.16. The number of hydrogen-bond donors (Lipinski definition) is 2. The molecule has 1 aliphatic heterocycles. The fourth-order valence-corrected chi connectivity index (χ4v) is 2.88. The van der Waals surface area contributed by atoms with Gasteiger partial charge in [0.25, 0.3) is 11.6 Å². The van der Waals surface area contributed by atoms with Crippen LogP contribution in [0.3, 0.4) is 0 Å². The van der Waals surface area contributed by atoms with Crippen LogP contribution in [0, 0.1) is 10.1 Å². The van der Waals surface area contributed by atoms with E-state index in [2.05, 4.69) is 10.6 Å². The lowest BCUT2D eigenvalue weighted by atomic mass is 10.1. The van der Waals surface area contributed by atoms with E-state index in [1.165, 1.54) is 18.2 Å². The number of benzene rings is 2. The van der Waals surface area contributed by atoms with E-state index >= 15 is 0 Å². The van der Waals surface area contributed by atoms with E-state index in [9.17, 15) is 19.7 Å². The van der Waals surface area contributed by atoms with Gasteiger partial charge in [0.15, 0.2) is 0 Å². The highest BCUT2D eigenvalue weighted by Crippen LogP contribution is 2.14. The van der Waals surface area contributed by atoms with Crippen LogP contribution >= 0.6 is 0 Å². The van der Waals surface area contributed by atoms with Crippen LogP contribution in [0.15, 0.2) is 54.6 Å². The van der Waals surface area contributed by atoms with Crippen LogP contribution < -0.4 is 10.6 Å². The molecular formula is C21H21N3O5. The SMILES string of the molecule is O=C(/C=C/c1ccc([N+](=O)[O-])cc1)Nc1ccc(C(=O)NCC2CCCO2)cc1. The quantitative estimate of drug-likeness (QED) is 0.425. The second-order valence-electron chi connectivity index (χ2n) is 6.59. The van der Waals surface area contributed by atoms with Crippen molar-refractivity contribution in [2.75, 3.05) is 18.5 Å². The van der Waals surface area contributed by atoms with Gasteiger partial charge in [0.05, 0.1) is 11.0 Å². The molecule has 1 atom stereocenters. The second-order valence-corrected chi connectivity index (χ2v) is 6.59. The van der Waals surface area contributed by atoms with Gasteiger partial charge in [-0.25, -0.2) is 0 Å². The number of nitrogens with zero attached hydrogens (tertiary/aromatic N) is 1. The largest absolute Gasteiger partial charge is 0.376 e. The third-order valence-electron chi connectivity index (χ3n) is 4.46. The lowest BCUT2D eigenvalue weighted by Crippen LogP contribution is -2.31. The zero-order valence-corrected chi connectivity index (χ0v) is 15.7. The summed E-state index contributed by atoms with van der Waals surface area (Å²) >= 11 is 0. The van der Waals surface area contributed by atoms with Gasteiger partial charge in [-0.2, -0.15) is 0 Å². The van der Waals surface area contributed by atoms with Gasteiger partial charge in [-0.05, 0) is 60.9 Å². The average molecular weight is 395 g/mol. The first-order chi connectivity index (χ1) is 14.0. The Morgan fingerprint density at radius 2 is 1.86 bits per heavy atom. The monoisotopic (exact) mass is 395 g/mol. The van der Waals surface area contributed by atoms with E-state index in [0.717, 1.165) is 19.4 Å². The molecule has 1 fully saturated rings. The summed E-state index contributed by atoms with van der Waals surface area (Å²) in [4.78, 5) is 34.3. The minimum Gasteiger partial charge on any atom is -0.376 e. The van der Waals surface area contributed by atoms with Crippen molar-refractivity contribution in [2.45, 2.75) is 18.9 Å². The highest BCUT2D eigenvalue weighted by molar-refractivity contribution is 6.02. The Morgan fingerprint density at radius 3 is 2.48 bits per heavy atom. The van der Waals surface area contributed by atoms with Gasteiger partial charge in [0.1, 0.15) is 0 Å². The molecule has 2 aromatic rings. The topological polar surface area (TPSA) is 111 Å². The van der Waals surface area contributed by atoms with Crippen molar-refractivity contribution in [3.63, 3.8) is 0 Å². The fourth-order valence-electron chi connectivity index (χ4n) is 2.88. The first kappa shape index (κ1) is 20.2. The summed E-state index contributed by atoms with van der Waals surface area (Å²) in [6, 6.07) is 12.5. The van der Waals surface area contributed by atoms with E-state index in [0.29, 0.717) is 23.4 Å². The number of nitro groups is 1. The van der Waals surface area contributed by atoms with Crippen molar-refractivity contribution in [3.8, 4) is 0 Å². The molecule has 150 valence electrons. The zero-order valence-electron chi connectivity index (χ0n) is 15.7. The second kappa shape index (κ2) is 9.61. The van der Waals surface area contributed by atoms with Crippen LogP contribution in [0.25, 0.3) is 6.08 Å². The fraction of sp³-hybridized carbons (Fsp3) is 0.238. The lowest BCUT2D eigenvalue weighted by molar-refractivity contribution is -0.384. The third kappa shape index (κ3) is 5.98. The summed E-state index contributed by atoms with van der Waals surface area (Å²) in [6.07, 6.45) is 4.96. The minimum absolute atomic E-state index is 0.00787. The summed E-state index contributed by atoms with van der Waals surface area (Å²) in [7, 11) is 0.